The summed E-state index contributed by atoms with van der Waals surface area (Å²) in [6.45, 7) is 0.875. The molecule has 3 N–H and O–H groups in total. The van der Waals surface area contributed by atoms with Crippen LogP contribution in [0.15, 0.2) is 36.4 Å². The molecule has 3 nitrogen and oxygen atoms in total. The maximum Gasteiger partial charge on any atom is 0.251 e. The Kier molecular flexibility index (Phi) is 4.50. The number of nitrogens with one attached hydrogen (secondary N) is 1. The van der Waals surface area contributed by atoms with Gasteiger partial charge in [-0.1, -0.05) is 12.2 Å². The summed E-state index contributed by atoms with van der Waals surface area (Å²) in [4.78, 5) is 11.4. The third kappa shape index (κ3) is 3.91. The fourth-order valence-corrected chi connectivity index (χ4v) is 1.03. The zero-order chi connectivity index (χ0) is 11.1. The minimum absolute atomic E-state index is 0.225. The lowest BCUT2D eigenvalue weighted by molar-refractivity contribution is 0.0958. The van der Waals surface area contributed by atoms with Crippen molar-refractivity contribution < 1.29 is 9.18 Å². The Balaban J connectivity index is 2.47. The molecule has 0 bridgehead atoms. The molecule has 4 heteroatoms. The van der Waals surface area contributed by atoms with Gasteiger partial charge in [0, 0.05) is 18.7 Å². The molecule has 0 aliphatic carbocycles. The summed E-state index contributed by atoms with van der Waals surface area (Å²) in [5, 5.41) is 2.65. The quantitative estimate of drug-likeness (QED) is 0.727. The first-order chi connectivity index (χ1) is 7.24. The molecule has 0 saturated carbocycles. The largest absolute Gasteiger partial charge is 0.349 e. The van der Waals surface area contributed by atoms with E-state index in [4.69, 9.17) is 5.73 Å². The maximum atomic E-state index is 12.5. The number of carbonyl (C=O) groups excluding carboxylic acids is 1. The molecule has 1 amide bonds. The van der Waals surface area contributed by atoms with Gasteiger partial charge in [-0.2, -0.15) is 0 Å². The summed E-state index contributed by atoms with van der Waals surface area (Å²) < 4.78 is 12.5. The molecule has 1 rings (SSSR count). The van der Waals surface area contributed by atoms with E-state index in [1.54, 1.807) is 12.2 Å². The van der Waals surface area contributed by atoms with E-state index in [1.165, 1.54) is 24.3 Å². The van der Waals surface area contributed by atoms with Crippen LogP contribution in [0.3, 0.4) is 0 Å². The van der Waals surface area contributed by atoms with Crippen LogP contribution in [0.5, 0.6) is 0 Å². The highest BCUT2D eigenvalue weighted by molar-refractivity contribution is 5.94. The van der Waals surface area contributed by atoms with Crippen molar-refractivity contribution >= 4 is 5.91 Å². The molecule has 0 aliphatic rings. The van der Waals surface area contributed by atoms with Crippen LogP contribution in [-0.4, -0.2) is 19.0 Å². The first kappa shape index (κ1) is 11.4. The first-order valence-electron chi connectivity index (χ1n) is 4.63. The zero-order valence-corrected chi connectivity index (χ0v) is 8.24. The topological polar surface area (TPSA) is 55.1 Å². The number of nitrogens with two attached hydrogens (primary N) is 1. The van der Waals surface area contributed by atoms with Gasteiger partial charge in [-0.05, 0) is 24.3 Å². The summed E-state index contributed by atoms with van der Waals surface area (Å²) in [6, 6.07) is 5.39. The van der Waals surface area contributed by atoms with E-state index in [9.17, 15) is 9.18 Å². The SMILES string of the molecule is NC/C=C/CNC(=O)c1ccc(F)cc1. The van der Waals surface area contributed by atoms with E-state index in [-0.39, 0.29) is 11.7 Å². The molecule has 0 aliphatic heterocycles. The molecule has 0 atom stereocenters. The van der Waals surface area contributed by atoms with Gasteiger partial charge < -0.3 is 11.1 Å². The normalized spacial score (nSPS) is 10.5. The Morgan fingerprint density at radius 1 is 1.33 bits per heavy atom. The maximum absolute atomic E-state index is 12.5. The van der Waals surface area contributed by atoms with Gasteiger partial charge in [-0.15, -0.1) is 0 Å². The Labute approximate surface area is 87.8 Å². The highest BCUT2D eigenvalue weighted by atomic mass is 19.1. The van der Waals surface area contributed by atoms with E-state index < -0.39 is 0 Å². The van der Waals surface area contributed by atoms with Gasteiger partial charge in [0.05, 0.1) is 0 Å². The van der Waals surface area contributed by atoms with E-state index in [0.717, 1.165) is 0 Å². The second-order valence-electron chi connectivity index (χ2n) is 2.92. The molecular formula is C11H13FN2O. The molecule has 1 aromatic carbocycles. The number of amides is 1. The van der Waals surface area contributed by atoms with Crippen molar-refractivity contribution in [2.75, 3.05) is 13.1 Å². The summed E-state index contributed by atoms with van der Waals surface area (Å²) in [5.41, 5.74) is 5.67. The number of hydrogen-bond acceptors (Lipinski definition) is 2. The smallest absolute Gasteiger partial charge is 0.251 e. The predicted octanol–water partition coefficient (Wildman–Crippen LogP) is 1.07. The highest BCUT2D eigenvalue weighted by Crippen LogP contribution is 2.01. The van der Waals surface area contributed by atoms with E-state index in [2.05, 4.69) is 5.32 Å². The molecule has 15 heavy (non-hydrogen) atoms. The third-order valence-electron chi connectivity index (χ3n) is 1.79. The van der Waals surface area contributed by atoms with Crippen molar-refractivity contribution in [3.8, 4) is 0 Å². The zero-order valence-electron chi connectivity index (χ0n) is 8.24. The molecule has 0 heterocycles. The second kappa shape index (κ2) is 5.93. The average molecular weight is 208 g/mol. The molecule has 0 radical (unpaired) electrons. The van der Waals surface area contributed by atoms with Crippen LogP contribution >= 0.6 is 0 Å². The van der Waals surface area contributed by atoms with Crippen LogP contribution in [0.1, 0.15) is 10.4 Å². The monoisotopic (exact) mass is 208 g/mol. The molecule has 0 saturated heterocycles. The minimum atomic E-state index is -0.352. The van der Waals surface area contributed by atoms with Gasteiger partial charge in [0.2, 0.25) is 0 Å². The van der Waals surface area contributed by atoms with Crippen molar-refractivity contribution in [1.29, 1.82) is 0 Å². The number of hydrogen-bond donors (Lipinski definition) is 2. The number of rotatable bonds is 4. The van der Waals surface area contributed by atoms with Crippen LogP contribution in [0.25, 0.3) is 0 Å². The van der Waals surface area contributed by atoms with Crippen molar-refractivity contribution in [2.45, 2.75) is 0 Å². The molecule has 0 fully saturated rings. The van der Waals surface area contributed by atoms with Crippen LogP contribution < -0.4 is 11.1 Å². The molecule has 0 unspecified atom stereocenters. The lowest BCUT2D eigenvalue weighted by Gasteiger charge is -2.01. The standard InChI is InChI=1S/C11H13FN2O/c12-10-5-3-9(4-6-10)11(15)14-8-2-1-7-13/h1-6H,7-8,13H2,(H,14,15)/b2-1+. The van der Waals surface area contributed by atoms with E-state index in [1.807, 2.05) is 0 Å². The first-order valence-corrected chi connectivity index (χ1v) is 4.63. The third-order valence-corrected chi connectivity index (χ3v) is 1.79. The Morgan fingerprint density at radius 2 is 2.00 bits per heavy atom. The molecular weight excluding hydrogens is 195 g/mol. The molecule has 0 aromatic heterocycles. The van der Waals surface area contributed by atoms with Gasteiger partial charge in [0.25, 0.3) is 5.91 Å². The van der Waals surface area contributed by atoms with Gasteiger partial charge >= 0.3 is 0 Å². The lowest BCUT2D eigenvalue weighted by atomic mass is 10.2. The molecule has 80 valence electrons. The minimum Gasteiger partial charge on any atom is -0.349 e. The summed E-state index contributed by atoms with van der Waals surface area (Å²) in [5.74, 6) is -0.578. The Morgan fingerprint density at radius 3 is 2.60 bits per heavy atom. The summed E-state index contributed by atoms with van der Waals surface area (Å²) in [6.07, 6.45) is 3.52. The Bertz CT molecular complexity index is 346. The van der Waals surface area contributed by atoms with Gasteiger partial charge in [-0.3, -0.25) is 4.79 Å². The summed E-state index contributed by atoms with van der Waals surface area (Å²) in [7, 11) is 0. The predicted molar refractivity (Wildman–Crippen MR) is 56.9 cm³/mol. The van der Waals surface area contributed by atoms with Crippen LogP contribution in [0.2, 0.25) is 0 Å². The van der Waals surface area contributed by atoms with E-state index in [0.29, 0.717) is 18.7 Å². The highest BCUT2D eigenvalue weighted by Gasteiger charge is 2.02. The molecule has 1 aromatic rings. The van der Waals surface area contributed by atoms with Crippen molar-refractivity contribution in [1.82, 2.24) is 5.32 Å². The van der Waals surface area contributed by atoms with Crippen LogP contribution in [-0.2, 0) is 0 Å². The second-order valence-corrected chi connectivity index (χ2v) is 2.92. The van der Waals surface area contributed by atoms with Crippen molar-refractivity contribution in [3.63, 3.8) is 0 Å². The molecule has 0 spiro atoms. The van der Waals surface area contributed by atoms with E-state index >= 15 is 0 Å². The average Bonchev–Trinajstić information content (AvgIpc) is 2.25. The number of benzene rings is 1. The van der Waals surface area contributed by atoms with Crippen LogP contribution in [0.4, 0.5) is 4.39 Å². The van der Waals surface area contributed by atoms with Gasteiger partial charge in [0.1, 0.15) is 5.82 Å². The number of carbonyl (C=O) groups is 1. The Hall–Kier alpha value is -1.68. The van der Waals surface area contributed by atoms with Crippen molar-refractivity contribution in [2.24, 2.45) is 5.73 Å². The lowest BCUT2D eigenvalue weighted by Crippen LogP contribution is -2.23. The fourth-order valence-electron chi connectivity index (χ4n) is 1.03. The summed E-state index contributed by atoms with van der Waals surface area (Å²) >= 11 is 0. The van der Waals surface area contributed by atoms with Gasteiger partial charge in [-0.25, -0.2) is 4.39 Å². The number of halogens is 1. The van der Waals surface area contributed by atoms with Gasteiger partial charge in [0.15, 0.2) is 0 Å². The fraction of sp³-hybridized carbons (Fsp3) is 0.182. The van der Waals surface area contributed by atoms with Crippen LogP contribution in [0, 0.1) is 5.82 Å². The van der Waals surface area contributed by atoms with Crippen molar-refractivity contribution in [3.05, 3.63) is 47.8 Å².